The number of nitrogens with zero attached hydrogens (tertiary/aromatic N) is 3. The van der Waals surface area contributed by atoms with Crippen molar-refractivity contribution in [3.05, 3.63) is 18.0 Å². The molecule has 2 rings (SSSR count). The Bertz CT molecular complexity index is 403. The molecule has 18 heavy (non-hydrogen) atoms. The summed E-state index contributed by atoms with van der Waals surface area (Å²) in [6, 6.07) is 0. The molecule has 0 atom stereocenters. The zero-order valence-corrected chi connectivity index (χ0v) is 12.1. The van der Waals surface area contributed by atoms with Gasteiger partial charge in [-0.15, -0.1) is 0 Å². The molecule has 2 heterocycles. The van der Waals surface area contributed by atoms with E-state index in [0.717, 1.165) is 25.6 Å². The summed E-state index contributed by atoms with van der Waals surface area (Å²) in [5.74, 6) is 0.842. The highest BCUT2D eigenvalue weighted by atomic mass is 15.3. The van der Waals surface area contributed by atoms with Crippen molar-refractivity contribution in [1.82, 2.24) is 15.3 Å². The van der Waals surface area contributed by atoms with Gasteiger partial charge in [0.1, 0.15) is 0 Å². The van der Waals surface area contributed by atoms with Crippen molar-refractivity contribution in [2.24, 2.45) is 0 Å². The van der Waals surface area contributed by atoms with Gasteiger partial charge in [0.25, 0.3) is 0 Å². The van der Waals surface area contributed by atoms with E-state index in [1.54, 1.807) is 0 Å². The quantitative estimate of drug-likeness (QED) is 0.825. The van der Waals surface area contributed by atoms with Crippen molar-refractivity contribution in [3.63, 3.8) is 0 Å². The van der Waals surface area contributed by atoms with Crippen LogP contribution in [0.5, 0.6) is 0 Å². The minimum absolute atomic E-state index is 0.0709. The lowest BCUT2D eigenvalue weighted by Crippen LogP contribution is -2.58. The molecular formula is C14H24N4. The fourth-order valence-corrected chi connectivity index (χ4v) is 2.20. The number of hydrogen-bond acceptors (Lipinski definition) is 4. The highest BCUT2D eigenvalue weighted by Crippen LogP contribution is 2.24. The van der Waals surface area contributed by atoms with Crippen LogP contribution in [0.4, 0.5) is 5.95 Å². The van der Waals surface area contributed by atoms with Crippen LogP contribution < -0.4 is 10.2 Å². The molecule has 0 aromatic carbocycles. The van der Waals surface area contributed by atoms with E-state index in [-0.39, 0.29) is 11.0 Å². The molecule has 0 radical (unpaired) electrons. The monoisotopic (exact) mass is 248 g/mol. The normalized spacial score (nSPS) is 19.9. The molecule has 1 aromatic heterocycles. The van der Waals surface area contributed by atoms with Gasteiger partial charge in [-0.1, -0.05) is 20.8 Å². The number of aromatic nitrogens is 2. The van der Waals surface area contributed by atoms with E-state index in [1.807, 2.05) is 12.4 Å². The molecule has 0 bridgehead atoms. The molecule has 1 fully saturated rings. The van der Waals surface area contributed by atoms with Gasteiger partial charge in [-0.05, 0) is 24.8 Å². The van der Waals surface area contributed by atoms with Gasteiger partial charge in [0.05, 0.1) is 0 Å². The van der Waals surface area contributed by atoms with Crippen LogP contribution >= 0.6 is 0 Å². The Morgan fingerprint density at radius 2 is 1.83 bits per heavy atom. The summed E-state index contributed by atoms with van der Waals surface area (Å²) >= 11 is 0. The number of rotatable bonds is 1. The smallest absolute Gasteiger partial charge is 0.225 e. The second kappa shape index (κ2) is 4.50. The van der Waals surface area contributed by atoms with Crippen molar-refractivity contribution in [1.29, 1.82) is 0 Å². The zero-order chi connectivity index (χ0) is 13.4. The van der Waals surface area contributed by atoms with Gasteiger partial charge in [-0.2, -0.15) is 0 Å². The fourth-order valence-electron chi connectivity index (χ4n) is 2.20. The molecule has 1 aliphatic heterocycles. The topological polar surface area (TPSA) is 41.1 Å². The summed E-state index contributed by atoms with van der Waals surface area (Å²) in [5, 5.41) is 3.41. The van der Waals surface area contributed by atoms with E-state index in [9.17, 15) is 0 Å². The Kier molecular flexibility index (Phi) is 3.32. The van der Waals surface area contributed by atoms with Crippen LogP contribution in [0, 0.1) is 0 Å². The summed E-state index contributed by atoms with van der Waals surface area (Å²) in [7, 11) is 0. The molecule has 1 saturated heterocycles. The van der Waals surface area contributed by atoms with Crippen molar-refractivity contribution < 1.29 is 0 Å². The van der Waals surface area contributed by atoms with Crippen LogP contribution in [0.1, 0.15) is 40.2 Å². The first-order valence-corrected chi connectivity index (χ1v) is 6.62. The lowest BCUT2D eigenvalue weighted by Gasteiger charge is -2.42. The van der Waals surface area contributed by atoms with E-state index < -0.39 is 0 Å². The maximum atomic E-state index is 4.55. The van der Waals surface area contributed by atoms with Crippen molar-refractivity contribution in [3.8, 4) is 0 Å². The van der Waals surface area contributed by atoms with Crippen molar-refractivity contribution in [2.45, 2.75) is 45.6 Å². The van der Waals surface area contributed by atoms with Crippen LogP contribution in [0.15, 0.2) is 12.4 Å². The van der Waals surface area contributed by atoms with Crippen LogP contribution in [-0.2, 0) is 5.41 Å². The lowest BCUT2D eigenvalue weighted by atomic mass is 9.89. The Balaban J connectivity index is 2.24. The first kappa shape index (κ1) is 13.3. The molecule has 0 spiro atoms. The van der Waals surface area contributed by atoms with E-state index in [1.165, 1.54) is 5.56 Å². The van der Waals surface area contributed by atoms with Gasteiger partial charge in [0, 0.05) is 37.6 Å². The predicted octanol–water partition coefficient (Wildman–Crippen LogP) is 1.96. The van der Waals surface area contributed by atoms with E-state index in [2.05, 4.69) is 54.8 Å². The first-order chi connectivity index (χ1) is 8.31. The van der Waals surface area contributed by atoms with E-state index >= 15 is 0 Å². The highest BCUT2D eigenvalue weighted by Gasteiger charge is 2.31. The molecule has 1 aromatic rings. The molecule has 1 aliphatic rings. The maximum absolute atomic E-state index is 4.55. The second-order valence-corrected chi connectivity index (χ2v) is 6.66. The van der Waals surface area contributed by atoms with Gasteiger partial charge >= 0.3 is 0 Å². The Morgan fingerprint density at radius 1 is 1.22 bits per heavy atom. The lowest BCUT2D eigenvalue weighted by molar-refractivity contribution is 0.374. The van der Waals surface area contributed by atoms with Crippen LogP contribution in [0.3, 0.4) is 0 Å². The predicted molar refractivity (Wildman–Crippen MR) is 75.0 cm³/mol. The van der Waals surface area contributed by atoms with Gasteiger partial charge in [0.15, 0.2) is 0 Å². The standard InChI is InChI=1S/C14H24N4/c1-13(2,3)11-8-16-12(17-9-11)18-7-6-15-10-14(18,4)5/h8-9,15H,6-7,10H2,1-5H3. The molecule has 0 saturated carbocycles. The summed E-state index contributed by atoms with van der Waals surface area (Å²) < 4.78 is 0. The van der Waals surface area contributed by atoms with Crippen LogP contribution in [0.2, 0.25) is 0 Å². The van der Waals surface area contributed by atoms with Gasteiger partial charge in [-0.3, -0.25) is 0 Å². The third-order valence-electron chi connectivity index (χ3n) is 3.55. The number of nitrogens with one attached hydrogen (secondary N) is 1. The van der Waals surface area contributed by atoms with Gasteiger partial charge in [0.2, 0.25) is 5.95 Å². The molecule has 0 aliphatic carbocycles. The van der Waals surface area contributed by atoms with Gasteiger partial charge < -0.3 is 10.2 Å². The Labute approximate surface area is 110 Å². The SMILES string of the molecule is CC(C)(C)c1cnc(N2CCNCC2(C)C)nc1. The van der Waals surface area contributed by atoms with Crippen molar-refractivity contribution in [2.75, 3.05) is 24.5 Å². The van der Waals surface area contributed by atoms with Crippen molar-refractivity contribution >= 4 is 5.95 Å². The second-order valence-electron chi connectivity index (χ2n) is 6.66. The molecule has 1 N–H and O–H groups in total. The average molecular weight is 248 g/mol. The fraction of sp³-hybridized carbons (Fsp3) is 0.714. The first-order valence-electron chi connectivity index (χ1n) is 6.62. The molecule has 100 valence electrons. The summed E-state index contributed by atoms with van der Waals surface area (Å²) in [6.45, 7) is 13.9. The Morgan fingerprint density at radius 3 is 2.33 bits per heavy atom. The summed E-state index contributed by atoms with van der Waals surface area (Å²) in [4.78, 5) is 11.4. The molecule has 0 amide bonds. The molecule has 4 heteroatoms. The van der Waals surface area contributed by atoms with Crippen LogP contribution in [0.25, 0.3) is 0 Å². The Hall–Kier alpha value is -1.16. The number of anilines is 1. The van der Waals surface area contributed by atoms with E-state index in [4.69, 9.17) is 0 Å². The number of piperazine rings is 1. The minimum atomic E-state index is 0.0709. The third-order valence-corrected chi connectivity index (χ3v) is 3.55. The molecule has 4 nitrogen and oxygen atoms in total. The summed E-state index contributed by atoms with van der Waals surface area (Å²) in [6.07, 6.45) is 3.92. The summed E-state index contributed by atoms with van der Waals surface area (Å²) in [5.41, 5.74) is 1.36. The third kappa shape index (κ3) is 2.64. The average Bonchev–Trinajstić information content (AvgIpc) is 2.27. The highest BCUT2D eigenvalue weighted by molar-refractivity contribution is 5.36. The largest absolute Gasteiger partial charge is 0.333 e. The van der Waals surface area contributed by atoms with E-state index in [0.29, 0.717) is 0 Å². The zero-order valence-electron chi connectivity index (χ0n) is 12.1. The maximum Gasteiger partial charge on any atom is 0.225 e. The minimum Gasteiger partial charge on any atom is -0.333 e. The van der Waals surface area contributed by atoms with Crippen LogP contribution in [-0.4, -0.2) is 35.1 Å². The molecular weight excluding hydrogens is 224 g/mol. The molecule has 0 unspecified atom stereocenters. The van der Waals surface area contributed by atoms with Gasteiger partial charge in [-0.25, -0.2) is 9.97 Å². The number of hydrogen-bond donors (Lipinski definition) is 1.